The zero-order valence-electron chi connectivity index (χ0n) is 18.3. The lowest BCUT2D eigenvalue weighted by Gasteiger charge is -2.18. The number of aryl methyl sites for hydroxylation is 1. The number of aromatic amines is 1. The van der Waals surface area contributed by atoms with E-state index in [0.29, 0.717) is 0 Å². The number of carbonyl (C=O) groups excluding carboxylic acids is 1. The first-order valence-corrected chi connectivity index (χ1v) is 13.7. The van der Waals surface area contributed by atoms with E-state index in [-0.39, 0.29) is 11.1 Å². The molecule has 3 heterocycles. The number of ether oxygens (including phenoxy) is 2. The fourth-order valence-corrected chi connectivity index (χ4v) is 3.93. The zero-order chi connectivity index (χ0) is 23.6. The second-order valence-corrected chi connectivity index (χ2v) is 13.8. The summed E-state index contributed by atoms with van der Waals surface area (Å²) in [5.41, 5.74) is 0.803. The minimum absolute atomic E-state index is 0.167. The van der Waals surface area contributed by atoms with Crippen LogP contribution < -0.4 is 15.8 Å². The molecule has 4 atom stereocenters. The minimum Gasteiger partial charge on any atom is -0.452 e. The minimum atomic E-state index is -1.95. The average Bonchev–Trinajstić information content (AvgIpc) is 3.02. The van der Waals surface area contributed by atoms with Crippen LogP contribution in [-0.2, 0) is 16.5 Å². The molecule has 0 unspecified atom stereocenters. The third-order valence-corrected chi connectivity index (χ3v) is 6.06. The summed E-state index contributed by atoms with van der Waals surface area (Å²) >= 11 is 0. The Morgan fingerprint density at radius 3 is 2.75 bits per heavy atom. The summed E-state index contributed by atoms with van der Waals surface area (Å²) in [7, 11) is 0.0793. The monoisotopic (exact) mass is 464 g/mol. The average molecular weight is 465 g/mol. The van der Waals surface area contributed by atoms with Crippen LogP contribution in [-0.4, -0.2) is 53.7 Å². The van der Waals surface area contributed by atoms with Crippen LogP contribution in [0.2, 0.25) is 19.6 Å². The van der Waals surface area contributed by atoms with Gasteiger partial charge in [-0.25, -0.2) is 18.5 Å². The molecule has 1 aliphatic rings. The number of pyridine rings is 1. The molecule has 0 spiro atoms. The lowest BCUT2D eigenvalue weighted by molar-refractivity contribution is -0.671. The Bertz CT molecular complexity index is 1140. The molecule has 3 rings (SSSR count). The van der Waals surface area contributed by atoms with Crippen molar-refractivity contribution >= 4 is 20.1 Å². The normalized spacial score (nSPS) is 23.6. The van der Waals surface area contributed by atoms with Crippen molar-refractivity contribution in [1.82, 2.24) is 9.55 Å². The topological polar surface area (TPSA) is 114 Å². The van der Waals surface area contributed by atoms with E-state index in [1.807, 2.05) is 5.70 Å². The molecule has 0 bridgehead atoms. The molecule has 0 saturated carbocycles. The molecule has 32 heavy (non-hydrogen) atoms. The lowest BCUT2D eigenvalue weighted by Crippen LogP contribution is -2.38. The third-order valence-electron chi connectivity index (χ3n) is 4.90. The van der Waals surface area contributed by atoms with Crippen molar-refractivity contribution in [2.24, 2.45) is 7.05 Å². The Hall–Kier alpha value is -2.89. The lowest BCUT2D eigenvalue weighted by atomic mass is 10.1. The number of esters is 1. The second kappa shape index (κ2) is 9.31. The van der Waals surface area contributed by atoms with Crippen molar-refractivity contribution in [2.45, 2.75) is 44.2 Å². The number of nitrogens with zero attached hydrogens (tertiary/aromatic N) is 2. The van der Waals surface area contributed by atoms with Crippen LogP contribution in [0.5, 0.6) is 0 Å². The largest absolute Gasteiger partial charge is 0.452 e. The summed E-state index contributed by atoms with van der Waals surface area (Å²) in [6.45, 7) is 5.59. The maximum Gasteiger partial charge on any atom is 0.344 e. The van der Waals surface area contributed by atoms with Gasteiger partial charge < -0.3 is 14.6 Å². The van der Waals surface area contributed by atoms with E-state index in [4.69, 9.17) is 9.47 Å². The number of nitrogens with one attached hydrogen (secondary N) is 1. The van der Waals surface area contributed by atoms with Crippen LogP contribution in [0.1, 0.15) is 22.1 Å². The number of aromatic nitrogens is 3. The number of H-pyrrole nitrogens is 1. The molecule has 172 valence electrons. The van der Waals surface area contributed by atoms with Crippen LogP contribution in [0.15, 0.2) is 46.0 Å². The number of halogens is 1. The Morgan fingerprint density at radius 1 is 1.41 bits per heavy atom. The van der Waals surface area contributed by atoms with Gasteiger partial charge in [0.2, 0.25) is 0 Å². The molecule has 0 radical (unpaired) electrons. The van der Waals surface area contributed by atoms with E-state index in [0.717, 1.165) is 4.57 Å². The van der Waals surface area contributed by atoms with Crippen LogP contribution in [0, 0.1) is 0 Å². The highest BCUT2D eigenvalue weighted by atomic mass is 28.3. The summed E-state index contributed by atoms with van der Waals surface area (Å²) in [5.74, 6) is -0.788. The van der Waals surface area contributed by atoms with Crippen LogP contribution in [0.4, 0.5) is 4.39 Å². The fourth-order valence-electron chi connectivity index (χ4n) is 3.25. The quantitative estimate of drug-likeness (QED) is 0.370. The number of hydrogen-bond acceptors (Lipinski definition) is 6. The van der Waals surface area contributed by atoms with Crippen molar-refractivity contribution < 1.29 is 28.3 Å². The van der Waals surface area contributed by atoms with E-state index in [2.05, 4.69) is 24.6 Å². The van der Waals surface area contributed by atoms with Gasteiger partial charge in [-0.1, -0.05) is 31.4 Å². The van der Waals surface area contributed by atoms with Crippen LogP contribution in [0.25, 0.3) is 6.08 Å². The predicted octanol–water partition coefficient (Wildman–Crippen LogP) is 0.705. The molecule has 9 nitrogen and oxygen atoms in total. The summed E-state index contributed by atoms with van der Waals surface area (Å²) in [6, 6.07) is 3.15. The molecule has 1 aliphatic heterocycles. The Morgan fingerprint density at radius 2 is 2.12 bits per heavy atom. The van der Waals surface area contributed by atoms with E-state index < -0.39 is 56.5 Å². The maximum atomic E-state index is 15.3. The summed E-state index contributed by atoms with van der Waals surface area (Å²) < 4.78 is 28.7. The van der Waals surface area contributed by atoms with Gasteiger partial charge in [-0.15, -0.1) is 0 Å². The van der Waals surface area contributed by atoms with E-state index in [9.17, 15) is 19.5 Å². The molecule has 2 aromatic heterocycles. The summed E-state index contributed by atoms with van der Waals surface area (Å²) in [6.07, 6.45) is -0.0213. The van der Waals surface area contributed by atoms with Crippen molar-refractivity contribution in [2.75, 3.05) is 6.61 Å². The predicted molar refractivity (Wildman–Crippen MR) is 116 cm³/mol. The molecule has 0 aliphatic carbocycles. The van der Waals surface area contributed by atoms with Gasteiger partial charge in [-0.3, -0.25) is 14.3 Å². The van der Waals surface area contributed by atoms with E-state index in [1.165, 1.54) is 18.5 Å². The molecule has 1 saturated heterocycles. The first-order chi connectivity index (χ1) is 15.0. The van der Waals surface area contributed by atoms with Gasteiger partial charge in [0.05, 0.1) is 20.2 Å². The molecule has 0 amide bonds. The van der Waals surface area contributed by atoms with Crippen LogP contribution in [0.3, 0.4) is 0 Å². The number of carbonyl (C=O) groups is 1. The second-order valence-electron chi connectivity index (χ2n) is 8.77. The number of aliphatic hydroxyl groups is 1. The first kappa shape index (κ1) is 23.8. The molecule has 0 aromatic carbocycles. The SMILES string of the molecule is C[n+]1cccc(C(=O)O[C@H]2[C@@H](F)[C@H](n3cc(C=C[Si](C)(C)C)c(=O)[nH]c3=O)O[C@@H]2CO)c1. The van der Waals surface area contributed by atoms with Gasteiger partial charge >= 0.3 is 11.7 Å². The maximum absolute atomic E-state index is 15.3. The molecule has 11 heteroatoms. The van der Waals surface area contributed by atoms with Crippen LogP contribution >= 0.6 is 0 Å². The Kier molecular flexibility index (Phi) is 6.91. The highest BCUT2D eigenvalue weighted by molar-refractivity contribution is 6.81. The fraction of sp³-hybridized carbons (Fsp3) is 0.429. The van der Waals surface area contributed by atoms with Gasteiger partial charge in [-0.2, -0.15) is 0 Å². The van der Waals surface area contributed by atoms with Gasteiger partial charge in [-0.05, 0) is 6.07 Å². The number of aliphatic hydroxyl groups excluding tert-OH is 1. The molecule has 1 fully saturated rings. The number of rotatable bonds is 6. The van der Waals surface area contributed by atoms with Crippen molar-refractivity contribution in [1.29, 1.82) is 0 Å². The standard InChI is InChI=1S/C21H26FN3O6Si/c1-24-8-5-6-14(10-24)20(28)31-17-15(12-26)30-19(16(17)22)25-11-13(7-9-32(2,3)4)18(27)23-21(25)29/h5-11,15-17,19,26H,12H2,1-4H3/p+1/t15-,16-,17-,19-/m1/s1. The third kappa shape index (κ3) is 5.29. The molecular formula is C21H27FN3O6Si+. The Labute approximate surface area is 184 Å². The van der Waals surface area contributed by atoms with Crippen molar-refractivity contribution in [3.8, 4) is 0 Å². The highest BCUT2D eigenvalue weighted by Gasteiger charge is 2.49. The number of alkyl halides is 1. The van der Waals surface area contributed by atoms with Gasteiger partial charge in [0.25, 0.3) is 5.56 Å². The van der Waals surface area contributed by atoms with Gasteiger partial charge in [0, 0.05) is 12.3 Å². The molecule has 2 N–H and O–H groups in total. The number of hydrogen-bond donors (Lipinski definition) is 2. The molecular weight excluding hydrogens is 437 g/mol. The molecule has 2 aromatic rings. The zero-order valence-corrected chi connectivity index (χ0v) is 19.3. The summed E-state index contributed by atoms with van der Waals surface area (Å²) in [5, 5.41) is 9.65. The van der Waals surface area contributed by atoms with Gasteiger partial charge in [0.15, 0.2) is 30.9 Å². The smallest absolute Gasteiger partial charge is 0.344 e. The van der Waals surface area contributed by atoms with Crippen molar-refractivity contribution in [3.63, 3.8) is 0 Å². The van der Waals surface area contributed by atoms with E-state index in [1.54, 1.807) is 30.0 Å². The van der Waals surface area contributed by atoms with Gasteiger partial charge in [0.1, 0.15) is 18.7 Å². The van der Waals surface area contributed by atoms with Crippen molar-refractivity contribution in [3.05, 3.63) is 68.4 Å². The van der Waals surface area contributed by atoms with E-state index >= 15 is 4.39 Å². The Balaban J connectivity index is 1.90. The first-order valence-electron chi connectivity index (χ1n) is 10.1. The summed E-state index contributed by atoms with van der Waals surface area (Å²) in [4.78, 5) is 39.2. The highest BCUT2D eigenvalue weighted by Crippen LogP contribution is 2.33.